The molecule has 0 spiro atoms. The van der Waals surface area contributed by atoms with E-state index in [1.54, 1.807) is 23.7 Å². The Morgan fingerprint density at radius 3 is 2.77 bits per heavy atom. The molecule has 6 nitrogen and oxygen atoms in total. The summed E-state index contributed by atoms with van der Waals surface area (Å²) in [4.78, 5) is 11.9. The van der Waals surface area contributed by atoms with E-state index in [0.717, 1.165) is 11.1 Å². The number of benzene rings is 2. The molecule has 2 aromatic carbocycles. The van der Waals surface area contributed by atoms with Crippen molar-refractivity contribution in [2.75, 3.05) is 6.61 Å². The molecule has 1 heterocycles. The Balaban J connectivity index is 1.78. The number of rotatable bonds is 4. The maximum absolute atomic E-state index is 11.9. The van der Waals surface area contributed by atoms with Crippen LogP contribution in [0.5, 0.6) is 11.6 Å². The van der Waals surface area contributed by atoms with Gasteiger partial charge in [0.1, 0.15) is 5.75 Å². The maximum atomic E-state index is 11.9. The summed E-state index contributed by atoms with van der Waals surface area (Å²) < 4.78 is 6.93. The van der Waals surface area contributed by atoms with Crippen LogP contribution in [-0.2, 0) is 11.8 Å². The van der Waals surface area contributed by atoms with Gasteiger partial charge in [0, 0.05) is 17.5 Å². The van der Waals surface area contributed by atoms with Crippen molar-refractivity contribution in [1.29, 1.82) is 0 Å². The average molecular weight is 392 g/mol. The van der Waals surface area contributed by atoms with E-state index < -0.39 is 5.91 Å². The molecular weight excluding hydrogens is 377 g/mol. The third kappa shape index (κ3) is 3.52. The van der Waals surface area contributed by atoms with Crippen molar-refractivity contribution in [2.45, 2.75) is 6.92 Å². The van der Waals surface area contributed by atoms with Crippen molar-refractivity contribution >= 4 is 45.7 Å². The molecular formula is C18H15Cl2N3O3. The summed E-state index contributed by atoms with van der Waals surface area (Å²) in [6, 6.07) is 10.3. The highest BCUT2D eigenvalue weighted by molar-refractivity contribution is 6.35. The lowest BCUT2D eigenvalue weighted by molar-refractivity contribution is -0.120. The fraction of sp³-hybridized carbons (Fsp3) is 0.167. The minimum absolute atomic E-state index is 0.0625. The van der Waals surface area contributed by atoms with Crippen molar-refractivity contribution in [3.05, 3.63) is 52.0 Å². The zero-order chi connectivity index (χ0) is 18.8. The number of azo groups is 1. The number of para-hydroxylation sites is 1. The predicted molar refractivity (Wildman–Crippen MR) is 101 cm³/mol. The summed E-state index contributed by atoms with van der Waals surface area (Å²) in [5.41, 5.74) is 2.05. The highest BCUT2D eigenvalue weighted by atomic mass is 35.5. The van der Waals surface area contributed by atoms with Crippen LogP contribution in [0.15, 0.2) is 46.6 Å². The van der Waals surface area contributed by atoms with Gasteiger partial charge in [-0.3, -0.25) is 4.79 Å². The van der Waals surface area contributed by atoms with Crippen molar-refractivity contribution in [2.24, 2.45) is 17.3 Å². The number of fused-ring (bicyclic) bond motifs is 1. The molecule has 0 atom stereocenters. The highest BCUT2D eigenvalue weighted by Crippen LogP contribution is 2.39. The lowest BCUT2D eigenvalue weighted by atomic mass is 10.1. The van der Waals surface area contributed by atoms with E-state index in [1.165, 1.54) is 6.07 Å². The van der Waals surface area contributed by atoms with E-state index in [9.17, 15) is 9.90 Å². The van der Waals surface area contributed by atoms with Crippen molar-refractivity contribution in [3.63, 3.8) is 0 Å². The number of hydrogen-bond donors (Lipinski definition) is 1. The monoisotopic (exact) mass is 391 g/mol. The second-order valence-electron chi connectivity index (χ2n) is 5.66. The number of aromatic nitrogens is 1. The molecule has 0 radical (unpaired) electrons. The Bertz CT molecular complexity index is 1030. The van der Waals surface area contributed by atoms with Gasteiger partial charge in [0.05, 0.1) is 10.5 Å². The highest BCUT2D eigenvalue weighted by Gasteiger charge is 2.16. The SMILES string of the molecule is Cc1cccc2c(N=NC(=O)COc3ccc(Cl)cc3Cl)c(O)n(C)c12. The van der Waals surface area contributed by atoms with E-state index in [-0.39, 0.29) is 18.2 Å². The van der Waals surface area contributed by atoms with Gasteiger partial charge >= 0.3 is 5.91 Å². The molecule has 0 fully saturated rings. The zero-order valence-electron chi connectivity index (χ0n) is 14.0. The van der Waals surface area contributed by atoms with Crippen LogP contribution in [0.3, 0.4) is 0 Å². The van der Waals surface area contributed by atoms with Crippen LogP contribution in [0.25, 0.3) is 10.9 Å². The number of nitrogens with zero attached hydrogens (tertiary/aromatic N) is 3. The minimum atomic E-state index is -0.611. The first-order chi connectivity index (χ1) is 12.4. The van der Waals surface area contributed by atoms with Crippen LogP contribution < -0.4 is 4.74 Å². The van der Waals surface area contributed by atoms with E-state index in [4.69, 9.17) is 27.9 Å². The van der Waals surface area contributed by atoms with Crippen LogP contribution >= 0.6 is 23.2 Å². The lowest BCUT2D eigenvalue weighted by Crippen LogP contribution is -2.08. The van der Waals surface area contributed by atoms with Gasteiger partial charge in [-0.2, -0.15) is 0 Å². The van der Waals surface area contributed by atoms with E-state index in [0.29, 0.717) is 21.2 Å². The summed E-state index contributed by atoms with van der Waals surface area (Å²) >= 11 is 11.8. The van der Waals surface area contributed by atoms with Gasteiger partial charge in [0.2, 0.25) is 5.88 Å². The quantitative estimate of drug-likeness (QED) is 0.621. The molecule has 26 heavy (non-hydrogen) atoms. The van der Waals surface area contributed by atoms with Crippen molar-refractivity contribution in [3.8, 4) is 11.6 Å². The summed E-state index contributed by atoms with van der Waals surface area (Å²) in [6.45, 7) is 1.59. The molecule has 134 valence electrons. The molecule has 1 aromatic heterocycles. The first-order valence-corrected chi connectivity index (χ1v) is 8.43. The first-order valence-electron chi connectivity index (χ1n) is 7.68. The topological polar surface area (TPSA) is 76.2 Å². The van der Waals surface area contributed by atoms with Crippen LogP contribution in [0.1, 0.15) is 5.56 Å². The van der Waals surface area contributed by atoms with Crippen LogP contribution in [0.2, 0.25) is 10.0 Å². The number of carbonyl (C=O) groups excluding carboxylic acids is 1. The molecule has 1 amide bonds. The third-order valence-electron chi connectivity index (χ3n) is 3.86. The summed E-state index contributed by atoms with van der Waals surface area (Å²) in [5, 5.41) is 19.3. The Kier molecular flexibility index (Phi) is 5.15. The van der Waals surface area contributed by atoms with Crippen LogP contribution in [-0.4, -0.2) is 22.2 Å². The fourth-order valence-corrected chi connectivity index (χ4v) is 3.11. The Hall–Kier alpha value is -2.57. The second kappa shape index (κ2) is 7.35. The molecule has 0 aliphatic rings. The molecule has 8 heteroatoms. The van der Waals surface area contributed by atoms with Crippen molar-refractivity contribution in [1.82, 2.24) is 4.57 Å². The van der Waals surface area contributed by atoms with Gasteiger partial charge in [-0.05, 0) is 30.7 Å². The molecule has 0 aliphatic carbocycles. The second-order valence-corrected chi connectivity index (χ2v) is 6.50. The molecule has 0 bridgehead atoms. The molecule has 0 saturated carbocycles. The van der Waals surface area contributed by atoms with Crippen LogP contribution in [0, 0.1) is 6.92 Å². The number of hydrogen-bond acceptors (Lipinski definition) is 4. The summed E-state index contributed by atoms with van der Waals surface area (Å²) in [5.74, 6) is -0.351. The maximum Gasteiger partial charge on any atom is 0.302 e. The largest absolute Gasteiger partial charge is 0.493 e. The number of aryl methyl sites for hydroxylation is 2. The lowest BCUT2D eigenvalue weighted by Gasteiger charge is -2.05. The fourth-order valence-electron chi connectivity index (χ4n) is 2.65. The minimum Gasteiger partial charge on any atom is -0.493 e. The molecule has 3 aromatic rings. The molecule has 3 rings (SSSR count). The van der Waals surface area contributed by atoms with Gasteiger partial charge in [-0.15, -0.1) is 10.2 Å². The van der Waals surface area contributed by atoms with Crippen molar-refractivity contribution < 1.29 is 14.6 Å². The Labute approximate surface area is 159 Å². The van der Waals surface area contributed by atoms with Gasteiger partial charge < -0.3 is 14.4 Å². The molecule has 0 unspecified atom stereocenters. The van der Waals surface area contributed by atoms with Gasteiger partial charge in [0.15, 0.2) is 12.3 Å². The van der Waals surface area contributed by atoms with Gasteiger partial charge in [0.25, 0.3) is 0 Å². The predicted octanol–water partition coefficient (Wildman–Crippen LogP) is 5.19. The van der Waals surface area contributed by atoms with Gasteiger partial charge in [-0.25, -0.2) is 0 Å². The van der Waals surface area contributed by atoms with Crippen LogP contribution in [0.4, 0.5) is 5.69 Å². The number of ether oxygens (including phenoxy) is 1. The molecule has 1 N–H and O–H groups in total. The smallest absolute Gasteiger partial charge is 0.302 e. The number of aromatic hydroxyl groups is 1. The standard InChI is InChI=1S/C18H15Cl2N3O3/c1-10-4-3-5-12-16(18(25)23(2)17(10)12)22-21-15(24)9-26-14-7-6-11(19)8-13(14)20/h3-8,25H,9H2,1-2H3. The molecule has 0 saturated heterocycles. The third-order valence-corrected chi connectivity index (χ3v) is 4.39. The van der Waals surface area contributed by atoms with E-state index in [2.05, 4.69) is 10.2 Å². The molecule has 0 aliphatic heterocycles. The zero-order valence-corrected chi connectivity index (χ0v) is 15.5. The first kappa shape index (κ1) is 18.2. The normalized spacial score (nSPS) is 11.4. The number of halogens is 2. The average Bonchev–Trinajstić information content (AvgIpc) is 2.84. The number of carbonyl (C=O) groups is 1. The number of amides is 1. The van der Waals surface area contributed by atoms with Gasteiger partial charge in [-0.1, -0.05) is 41.4 Å². The summed E-state index contributed by atoms with van der Waals surface area (Å²) in [6.07, 6.45) is 0. The summed E-state index contributed by atoms with van der Waals surface area (Å²) in [7, 11) is 1.72. The Morgan fingerprint density at radius 2 is 2.04 bits per heavy atom. The van der Waals surface area contributed by atoms with E-state index >= 15 is 0 Å². The Morgan fingerprint density at radius 1 is 1.27 bits per heavy atom. The van der Waals surface area contributed by atoms with E-state index in [1.807, 2.05) is 25.1 Å².